The van der Waals surface area contributed by atoms with Crippen molar-refractivity contribution in [2.45, 2.75) is 78.6 Å². The first kappa shape index (κ1) is 24.0. The van der Waals surface area contributed by atoms with E-state index >= 15 is 0 Å². The molecule has 32 heavy (non-hydrogen) atoms. The highest BCUT2D eigenvalue weighted by molar-refractivity contribution is 5.92. The van der Waals surface area contributed by atoms with Crippen molar-refractivity contribution in [3.8, 4) is 5.75 Å². The standard InChI is InChI=1S/C28H36O4/c1-9-17(2)16-31-25(29)19-12-10-18(11-13-19)23-21-14-20(27(3,4)5)15-22(28(6,7)8)24(21)32-26(23)30/h10-15,17,23H,9,16H2,1-8H3. The maximum Gasteiger partial charge on any atom is 0.338 e. The first-order chi connectivity index (χ1) is 14.8. The van der Waals surface area contributed by atoms with Crippen molar-refractivity contribution >= 4 is 11.9 Å². The molecule has 1 aliphatic rings. The van der Waals surface area contributed by atoms with E-state index in [-0.39, 0.29) is 22.8 Å². The normalized spacial score (nSPS) is 17.0. The van der Waals surface area contributed by atoms with Crippen LogP contribution in [-0.4, -0.2) is 18.5 Å². The Morgan fingerprint density at radius 2 is 1.66 bits per heavy atom. The Hall–Kier alpha value is -2.62. The fourth-order valence-electron chi connectivity index (χ4n) is 3.80. The zero-order valence-electron chi connectivity index (χ0n) is 20.7. The Kier molecular flexibility index (Phi) is 6.55. The lowest BCUT2D eigenvalue weighted by atomic mass is 9.77. The lowest BCUT2D eigenvalue weighted by Gasteiger charge is -2.27. The molecule has 0 N–H and O–H groups in total. The van der Waals surface area contributed by atoms with Crippen molar-refractivity contribution in [1.29, 1.82) is 0 Å². The fraction of sp³-hybridized carbons (Fsp3) is 0.500. The smallest absolute Gasteiger partial charge is 0.338 e. The summed E-state index contributed by atoms with van der Waals surface area (Å²) in [5.74, 6) is -0.104. The van der Waals surface area contributed by atoms with Crippen LogP contribution in [-0.2, 0) is 20.4 Å². The molecule has 2 atom stereocenters. The zero-order chi connectivity index (χ0) is 23.8. The number of carbonyl (C=O) groups excluding carboxylic acids is 2. The average Bonchev–Trinajstić information content (AvgIpc) is 3.05. The molecule has 0 bridgehead atoms. The number of hydrogen-bond acceptors (Lipinski definition) is 4. The summed E-state index contributed by atoms with van der Waals surface area (Å²) < 4.78 is 11.2. The van der Waals surface area contributed by atoms with E-state index in [1.807, 2.05) is 12.1 Å². The number of rotatable bonds is 5. The van der Waals surface area contributed by atoms with Crippen LogP contribution in [0.25, 0.3) is 0 Å². The molecule has 172 valence electrons. The molecule has 0 saturated carbocycles. The molecule has 1 aliphatic heterocycles. The van der Waals surface area contributed by atoms with E-state index in [1.165, 1.54) is 5.56 Å². The number of hydrogen-bond donors (Lipinski definition) is 0. The van der Waals surface area contributed by atoms with Gasteiger partial charge in [-0.3, -0.25) is 4.79 Å². The van der Waals surface area contributed by atoms with Crippen molar-refractivity contribution < 1.29 is 19.1 Å². The highest BCUT2D eigenvalue weighted by Crippen LogP contribution is 2.47. The van der Waals surface area contributed by atoms with Gasteiger partial charge in [-0.05, 0) is 40.0 Å². The molecule has 4 heteroatoms. The third kappa shape index (κ3) is 4.90. The van der Waals surface area contributed by atoms with Gasteiger partial charge in [-0.25, -0.2) is 4.79 Å². The molecule has 0 spiro atoms. The van der Waals surface area contributed by atoms with Crippen LogP contribution in [0.2, 0.25) is 0 Å². The van der Waals surface area contributed by atoms with Crippen LogP contribution >= 0.6 is 0 Å². The molecule has 0 radical (unpaired) electrons. The van der Waals surface area contributed by atoms with Crippen molar-refractivity contribution in [2.75, 3.05) is 6.61 Å². The summed E-state index contributed by atoms with van der Waals surface area (Å²) in [5, 5.41) is 0. The minimum atomic E-state index is -0.501. The zero-order valence-corrected chi connectivity index (χ0v) is 20.7. The second-order valence-corrected chi connectivity index (χ2v) is 11.0. The minimum Gasteiger partial charge on any atom is -0.462 e. The van der Waals surface area contributed by atoms with Gasteiger partial charge in [0.2, 0.25) is 0 Å². The Morgan fingerprint density at radius 1 is 1.03 bits per heavy atom. The molecule has 0 aromatic heterocycles. The molecular formula is C28H36O4. The van der Waals surface area contributed by atoms with Crippen molar-refractivity contribution in [3.05, 3.63) is 64.2 Å². The third-order valence-electron chi connectivity index (χ3n) is 6.22. The van der Waals surface area contributed by atoms with Crippen LogP contribution in [0.1, 0.15) is 100 Å². The largest absolute Gasteiger partial charge is 0.462 e. The van der Waals surface area contributed by atoms with Crippen molar-refractivity contribution in [2.24, 2.45) is 5.92 Å². The van der Waals surface area contributed by atoms with Gasteiger partial charge in [0.05, 0.1) is 12.2 Å². The van der Waals surface area contributed by atoms with Gasteiger partial charge in [0.25, 0.3) is 0 Å². The van der Waals surface area contributed by atoms with Gasteiger partial charge < -0.3 is 9.47 Å². The molecule has 0 fully saturated rings. The lowest BCUT2D eigenvalue weighted by molar-refractivity contribution is -0.133. The van der Waals surface area contributed by atoms with Gasteiger partial charge in [-0.15, -0.1) is 0 Å². The summed E-state index contributed by atoms with van der Waals surface area (Å²) in [6, 6.07) is 11.4. The minimum absolute atomic E-state index is 0.0611. The van der Waals surface area contributed by atoms with Crippen LogP contribution < -0.4 is 4.74 Å². The van der Waals surface area contributed by atoms with E-state index in [1.54, 1.807) is 12.1 Å². The second kappa shape index (κ2) is 8.73. The first-order valence-electron chi connectivity index (χ1n) is 11.5. The van der Waals surface area contributed by atoms with E-state index in [4.69, 9.17) is 9.47 Å². The van der Waals surface area contributed by atoms with E-state index in [0.29, 0.717) is 23.8 Å². The molecule has 2 unspecified atom stereocenters. The average molecular weight is 437 g/mol. The van der Waals surface area contributed by atoms with Gasteiger partial charge in [-0.1, -0.05) is 86.1 Å². The molecule has 0 saturated heterocycles. The summed E-state index contributed by atoms with van der Waals surface area (Å²) >= 11 is 0. The Morgan fingerprint density at radius 3 is 2.19 bits per heavy atom. The maximum absolute atomic E-state index is 13.0. The molecule has 3 rings (SSSR count). The molecule has 0 amide bonds. The van der Waals surface area contributed by atoms with E-state index in [9.17, 15) is 9.59 Å². The Labute approximate surface area is 192 Å². The first-order valence-corrected chi connectivity index (χ1v) is 11.5. The topological polar surface area (TPSA) is 52.6 Å². The number of ether oxygens (including phenoxy) is 2. The van der Waals surface area contributed by atoms with Crippen LogP contribution in [0.15, 0.2) is 36.4 Å². The predicted octanol–water partition coefficient (Wildman–Crippen LogP) is 6.54. The summed E-state index contributed by atoms with van der Waals surface area (Å²) in [4.78, 5) is 25.3. The van der Waals surface area contributed by atoms with Gasteiger partial charge in [-0.2, -0.15) is 0 Å². The summed E-state index contributed by atoms with van der Waals surface area (Å²) in [6.45, 7) is 17.5. The molecule has 4 nitrogen and oxygen atoms in total. The molecular weight excluding hydrogens is 400 g/mol. The van der Waals surface area contributed by atoms with Crippen molar-refractivity contribution in [1.82, 2.24) is 0 Å². The summed E-state index contributed by atoms with van der Waals surface area (Å²) in [5.41, 5.74) is 4.20. The highest BCUT2D eigenvalue weighted by Gasteiger charge is 2.39. The van der Waals surface area contributed by atoms with E-state index in [0.717, 1.165) is 23.1 Å². The van der Waals surface area contributed by atoms with Crippen molar-refractivity contribution in [3.63, 3.8) is 0 Å². The quantitative estimate of drug-likeness (QED) is 0.395. The van der Waals surface area contributed by atoms with Gasteiger partial charge >= 0.3 is 11.9 Å². The second-order valence-electron chi connectivity index (χ2n) is 11.0. The van der Waals surface area contributed by atoms with Crippen LogP contribution in [0.5, 0.6) is 5.75 Å². The molecule has 1 heterocycles. The Bertz CT molecular complexity index is 1000. The molecule has 0 aliphatic carbocycles. The molecule has 2 aromatic carbocycles. The number of benzene rings is 2. The monoisotopic (exact) mass is 436 g/mol. The Balaban J connectivity index is 1.98. The summed E-state index contributed by atoms with van der Waals surface area (Å²) in [7, 11) is 0. The maximum atomic E-state index is 13.0. The van der Waals surface area contributed by atoms with Gasteiger partial charge in [0.15, 0.2) is 0 Å². The lowest BCUT2D eigenvalue weighted by Crippen LogP contribution is -2.17. The number of fused-ring (bicyclic) bond motifs is 1. The summed E-state index contributed by atoms with van der Waals surface area (Å²) in [6.07, 6.45) is 0.961. The van der Waals surface area contributed by atoms with Gasteiger partial charge in [0, 0.05) is 11.1 Å². The van der Waals surface area contributed by atoms with E-state index in [2.05, 4.69) is 67.5 Å². The van der Waals surface area contributed by atoms with Crippen LogP contribution in [0.3, 0.4) is 0 Å². The van der Waals surface area contributed by atoms with E-state index < -0.39 is 5.92 Å². The molecule has 2 aromatic rings. The van der Waals surface area contributed by atoms with Crippen LogP contribution in [0, 0.1) is 5.92 Å². The third-order valence-corrected chi connectivity index (χ3v) is 6.22. The van der Waals surface area contributed by atoms with Gasteiger partial charge in [0.1, 0.15) is 11.7 Å². The SMILES string of the molecule is CCC(C)COC(=O)c1ccc(C2C(=O)Oc3c2cc(C(C)(C)C)cc3C(C)(C)C)cc1. The number of esters is 2. The highest BCUT2D eigenvalue weighted by atomic mass is 16.5. The fourth-order valence-corrected chi connectivity index (χ4v) is 3.80. The van der Waals surface area contributed by atoms with Crippen LogP contribution in [0.4, 0.5) is 0 Å². The predicted molar refractivity (Wildman–Crippen MR) is 127 cm³/mol. The number of carbonyl (C=O) groups is 2.